The number of hydrogen-bond acceptors (Lipinski definition) is 4. The lowest BCUT2D eigenvalue weighted by molar-refractivity contribution is -0.707. The van der Waals surface area contributed by atoms with E-state index in [9.17, 15) is 9.59 Å². The molecule has 0 aromatic carbocycles. The standard InChI is InChI=1S/C18H28N2O3S/c1-6-23-17(22)15-12-8-7-11(2)9-13(12)24-16(15)20-14(21)10-19-18(3,4)5/h11,19H,6-10H2,1-5H3,(H,20,21)/p+1/t11-/m0/s1. The van der Waals surface area contributed by atoms with Gasteiger partial charge in [0.25, 0.3) is 5.91 Å². The van der Waals surface area contributed by atoms with E-state index in [1.165, 1.54) is 16.2 Å². The SMILES string of the molecule is CCOC(=O)c1c(NC(=O)C[NH2+]C(C)(C)C)sc2c1CC[C@H](C)C2. The molecule has 1 amide bonds. The van der Waals surface area contributed by atoms with Gasteiger partial charge < -0.3 is 15.4 Å². The highest BCUT2D eigenvalue weighted by atomic mass is 32.1. The van der Waals surface area contributed by atoms with Crippen LogP contribution < -0.4 is 10.6 Å². The lowest BCUT2D eigenvalue weighted by Crippen LogP contribution is -2.95. The van der Waals surface area contributed by atoms with Gasteiger partial charge in [-0.05, 0) is 58.4 Å². The molecule has 0 fully saturated rings. The molecule has 0 unspecified atom stereocenters. The van der Waals surface area contributed by atoms with Crippen LogP contribution >= 0.6 is 11.3 Å². The number of ether oxygens (including phenoxy) is 1. The first-order chi connectivity index (χ1) is 11.2. The second-order valence-corrected chi connectivity index (χ2v) is 8.70. The monoisotopic (exact) mass is 353 g/mol. The molecule has 0 saturated carbocycles. The molecule has 0 spiro atoms. The maximum absolute atomic E-state index is 12.4. The van der Waals surface area contributed by atoms with Crippen molar-refractivity contribution in [3.05, 3.63) is 16.0 Å². The van der Waals surface area contributed by atoms with Crippen LogP contribution in [0.15, 0.2) is 0 Å². The van der Waals surface area contributed by atoms with Crippen molar-refractivity contribution in [2.75, 3.05) is 18.5 Å². The van der Waals surface area contributed by atoms with Crippen molar-refractivity contribution in [3.8, 4) is 0 Å². The maximum Gasteiger partial charge on any atom is 0.341 e. The number of thiophene rings is 1. The molecule has 1 aliphatic carbocycles. The zero-order valence-electron chi connectivity index (χ0n) is 15.3. The molecule has 2 rings (SSSR count). The predicted octanol–water partition coefficient (Wildman–Crippen LogP) is 2.35. The number of esters is 1. The van der Waals surface area contributed by atoms with Crippen LogP contribution in [-0.2, 0) is 22.4 Å². The third-order valence-corrected chi connectivity index (χ3v) is 5.31. The molecule has 1 aliphatic rings. The lowest BCUT2D eigenvalue weighted by Gasteiger charge is -2.18. The molecule has 1 atom stereocenters. The molecule has 3 N–H and O–H groups in total. The van der Waals surface area contributed by atoms with Crippen LogP contribution in [0.25, 0.3) is 0 Å². The van der Waals surface area contributed by atoms with Crippen LogP contribution in [0.4, 0.5) is 5.00 Å². The molecule has 0 bridgehead atoms. The van der Waals surface area contributed by atoms with Gasteiger partial charge in [0, 0.05) is 4.88 Å². The normalized spacial score (nSPS) is 17.3. The molecule has 5 nitrogen and oxygen atoms in total. The number of fused-ring (bicyclic) bond motifs is 1. The number of carbonyl (C=O) groups is 2. The van der Waals surface area contributed by atoms with Crippen molar-refractivity contribution in [1.82, 2.24) is 0 Å². The van der Waals surface area contributed by atoms with Gasteiger partial charge in [-0.25, -0.2) is 4.79 Å². The number of nitrogens with two attached hydrogens (primary N) is 1. The second kappa shape index (κ2) is 7.66. The molecule has 24 heavy (non-hydrogen) atoms. The summed E-state index contributed by atoms with van der Waals surface area (Å²) >= 11 is 1.53. The average Bonchev–Trinajstić information content (AvgIpc) is 2.81. The third-order valence-electron chi connectivity index (χ3n) is 4.14. The van der Waals surface area contributed by atoms with E-state index in [1.807, 2.05) is 5.32 Å². The Morgan fingerprint density at radius 1 is 1.38 bits per heavy atom. The van der Waals surface area contributed by atoms with E-state index in [2.05, 4.69) is 33.0 Å². The summed E-state index contributed by atoms with van der Waals surface area (Å²) in [5, 5.41) is 5.58. The lowest BCUT2D eigenvalue weighted by atomic mass is 9.88. The second-order valence-electron chi connectivity index (χ2n) is 7.60. The molecular weight excluding hydrogens is 324 g/mol. The molecule has 1 heterocycles. The van der Waals surface area contributed by atoms with Gasteiger partial charge >= 0.3 is 5.97 Å². The molecule has 0 aliphatic heterocycles. The summed E-state index contributed by atoms with van der Waals surface area (Å²) in [6.45, 7) is 10.9. The number of anilines is 1. The van der Waals surface area contributed by atoms with Gasteiger partial charge in [-0.15, -0.1) is 11.3 Å². The van der Waals surface area contributed by atoms with Gasteiger partial charge in [0.1, 0.15) is 5.00 Å². The highest BCUT2D eigenvalue weighted by molar-refractivity contribution is 7.17. The Morgan fingerprint density at radius 2 is 2.08 bits per heavy atom. The number of hydrogen-bond donors (Lipinski definition) is 2. The number of quaternary nitrogens is 1. The fraction of sp³-hybridized carbons (Fsp3) is 0.667. The average molecular weight is 354 g/mol. The minimum Gasteiger partial charge on any atom is -0.462 e. The minimum absolute atomic E-state index is 0.00850. The quantitative estimate of drug-likeness (QED) is 0.798. The van der Waals surface area contributed by atoms with E-state index >= 15 is 0 Å². The van der Waals surface area contributed by atoms with Crippen molar-refractivity contribution in [1.29, 1.82) is 0 Å². The van der Waals surface area contributed by atoms with Crippen molar-refractivity contribution in [3.63, 3.8) is 0 Å². The van der Waals surface area contributed by atoms with E-state index in [1.54, 1.807) is 6.92 Å². The molecule has 134 valence electrons. The van der Waals surface area contributed by atoms with Crippen LogP contribution in [0.1, 0.15) is 61.8 Å². The van der Waals surface area contributed by atoms with Crippen LogP contribution in [0.3, 0.4) is 0 Å². The van der Waals surface area contributed by atoms with Crippen molar-refractivity contribution >= 4 is 28.2 Å². The Bertz CT molecular complexity index is 617. The van der Waals surface area contributed by atoms with Crippen LogP contribution in [0.2, 0.25) is 0 Å². The van der Waals surface area contributed by atoms with Crippen molar-refractivity contribution in [2.45, 2.75) is 59.4 Å². The third kappa shape index (κ3) is 4.80. The first-order valence-corrected chi connectivity index (χ1v) is 9.48. The fourth-order valence-corrected chi connectivity index (χ4v) is 4.25. The van der Waals surface area contributed by atoms with Crippen LogP contribution in [0.5, 0.6) is 0 Å². The van der Waals surface area contributed by atoms with Gasteiger partial charge in [-0.2, -0.15) is 0 Å². The molecule has 0 saturated heterocycles. The molecular formula is C18H29N2O3S+. The highest BCUT2D eigenvalue weighted by Gasteiger charge is 2.29. The summed E-state index contributed by atoms with van der Waals surface area (Å²) in [6.07, 6.45) is 2.92. The topological polar surface area (TPSA) is 72.0 Å². The molecule has 6 heteroatoms. The van der Waals surface area contributed by atoms with E-state index < -0.39 is 0 Å². The molecule has 1 aromatic heterocycles. The van der Waals surface area contributed by atoms with Gasteiger partial charge in [-0.3, -0.25) is 4.79 Å². The van der Waals surface area contributed by atoms with E-state index in [0.29, 0.717) is 29.6 Å². The smallest absolute Gasteiger partial charge is 0.341 e. The summed E-state index contributed by atoms with van der Waals surface area (Å²) in [5.74, 6) is 0.214. The Morgan fingerprint density at radius 3 is 2.71 bits per heavy atom. The predicted molar refractivity (Wildman–Crippen MR) is 96.6 cm³/mol. The summed E-state index contributed by atoms with van der Waals surface area (Å²) in [4.78, 5) is 25.9. The Hall–Kier alpha value is -1.40. The minimum atomic E-state index is -0.320. The zero-order valence-corrected chi connectivity index (χ0v) is 16.1. The maximum atomic E-state index is 12.4. The largest absolute Gasteiger partial charge is 0.462 e. The summed E-state index contributed by atoms with van der Waals surface area (Å²) < 4.78 is 5.22. The summed E-state index contributed by atoms with van der Waals surface area (Å²) in [5.41, 5.74) is 1.64. The zero-order chi connectivity index (χ0) is 17.9. The first kappa shape index (κ1) is 18.9. The summed E-state index contributed by atoms with van der Waals surface area (Å²) in [7, 11) is 0. The van der Waals surface area contributed by atoms with Gasteiger partial charge in [-0.1, -0.05) is 6.92 Å². The Kier molecular flexibility index (Phi) is 6.04. The van der Waals surface area contributed by atoms with Crippen LogP contribution in [0, 0.1) is 5.92 Å². The highest BCUT2D eigenvalue weighted by Crippen LogP contribution is 2.40. The van der Waals surface area contributed by atoms with E-state index in [0.717, 1.165) is 24.8 Å². The van der Waals surface area contributed by atoms with E-state index in [4.69, 9.17) is 4.74 Å². The van der Waals surface area contributed by atoms with Gasteiger partial charge in [0.05, 0.1) is 17.7 Å². The Balaban J connectivity index is 2.22. The first-order valence-electron chi connectivity index (χ1n) is 8.67. The fourth-order valence-electron chi connectivity index (χ4n) is 2.83. The van der Waals surface area contributed by atoms with Crippen molar-refractivity contribution in [2.24, 2.45) is 5.92 Å². The molecule has 1 aromatic rings. The van der Waals surface area contributed by atoms with E-state index in [-0.39, 0.29) is 17.4 Å². The summed E-state index contributed by atoms with van der Waals surface area (Å²) in [6, 6.07) is 0. The van der Waals surface area contributed by atoms with Crippen molar-refractivity contribution < 1.29 is 19.6 Å². The van der Waals surface area contributed by atoms with Crippen LogP contribution in [-0.4, -0.2) is 30.6 Å². The Labute approximate surface area is 148 Å². The van der Waals surface area contributed by atoms with Gasteiger partial charge in [0.2, 0.25) is 0 Å². The number of carbonyl (C=O) groups excluding carboxylic acids is 2. The number of nitrogens with one attached hydrogen (secondary N) is 1. The molecule has 0 radical (unpaired) electrons. The number of amides is 1. The van der Waals surface area contributed by atoms with Gasteiger partial charge in [0.15, 0.2) is 6.54 Å². The number of rotatable bonds is 5.